The quantitative estimate of drug-likeness (QED) is 0.145. The molecule has 4 rings (SSSR count). The van der Waals surface area contributed by atoms with Gasteiger partial charge in [0.2, 0.25) is 0 Å². The molecule has 3 aromatic rings. The minimum absolute atomic E-state index is 0.205. The van der Waals surface area contributed by atoms with E-state index >= 15 is 0 Å². The van der Waals surface area contributed by atoms with E-state index < -0.39 is 36.6 Å². The van der Waals surface area contributed by atoms with Crippen LogP contribution in [0.15, 0.2) is 43.0 Å². The minimum atomic E-state index is -1.23. The number of carbonyl (C=O) groups is 1. The van der Waals surface area contributed by atoms with Crippen molar-refractivity contribution < 1.29 is 24.9 Å². The van der Waals surface area contributed by atoms with Crippen LogP contribution in [0.1, 0.15) is 24.6 Å². The maximum Gasteiger partial charge on any atom is 0.320 e. The van der Waals surface area contributed by atoms with Crippen molar-refractivity contribution >= 4 is 23.0 Å². The van der Waals surface area contributed by atoms with Gasteiger partial charge in [-0.15, -0.1) is 0 Å². The predicted octanol–water partition coefficient (Wildman–Crippen LogP) is -0.646. The van der Waals surface area contributed by atoms with Gasteiger partial charge < -0.3 is 41.7 Å². The van der Waals surface area contributed by atoms with Gasteiger partial charge in [-0.1, -0.05) is 30.3 Å². The fourth-order valence-corrected chi connectivity index (χ4v) is 4.59. The molecule has 0 unspecified atom stereocenters. The number of benzene rings is 1. The Kier molecular flexibility index (Phi) is 9.55. The second kappa shape index (κ2) is 13.0. The number of aliphatic hydroxyl groups is 2. The van der Waals surface area contributed by atoms with Crippen LogP contribution in [-0.2, 0) is 16.0 Å². The summed E-state index contributed by atoms with van der Waals surface area (Å²) in [5.41, 5.74) is 13.6. The van der Waals surface area contributed by atoms with Gasteiger partial charge in [-0.2, -0.15) is 0 Å². The molecule has 1 aromatic carbocycles. The summed E-state index contributed by atoms with van der Waals surface area (Å²) in [6, 6.07) is 9.24. The number of nitrogens with two attached hydrogens (primary N) is 2. The molecule has 3 heterocycles. The zero-order valence-electron chi connectivity index (χ0n) is 21.1. The molecule has 0 amide bonds. The highest BCUT2D eigenvalue weighted by molar-refractivity contribution is 5.81. The van der Waals surface area contributed by atoms with E-state index in [1.807, 2.05) is 23.1 Å². The van der Waals surface area contributed by atoms with Crippen molar-refractivity contribution in [3.8, 4) is 0 Å². The highest BCUT2D eigenvalue weighted by atomic mass is 16.6. The number of nitrogens with zero attached hydrogens (tertiary/aromatic N) is 5. The maximum atomic E-state index is 11.2. The smallest absolute Gasteiger partial charge is 0.320 e. The minimum Gasteiger partial charge on any atom is -0.480 e. The van der Waals surface area contributed by atoms with Gasteiger partial charge in [-0.25, -0.2) is 15.0 Å². The molecule has 2 aromatic heterocycles. The Labute approximate surface area is 220 Å². The second-order valence-electron chi connectivity index (χ2n) is 9.50. The molecule has 1 aliphatic heterocycles. The number of carboxylic acid groups (broad SMARTS) is 1. The number of rotatable bonds is 14. The lowest BCUT2D eigenvalue weighted by Gasteiger charge is -2.27. The van der Waals surface area contributed by atoms with E-state index in [4.69, 9.17) is 16.2 Å². The van der Waals surface area contributed by atoms with Gasteiger partial charge in [-0.05, 0) is 44.5 Å². The zero-order valence-corrected chi connectivity index (χ0v) is 21.1. The maximum absolute atomic E-state index is 11.2. The van der Waals surface area contributed by atoms with Gasteiger partial charge in [0.1, 0.15) is 36.2 Å². The first-order valence-electron chi connectivity index (χ1n) is 12.7. The van der Waals surface area contributed by atoms with E-state index in [1.165, 1.54) is 22.8 Å². The highest BCUT2D eigenvalue weighted by Crippen LogP contribution is 2.32. The molecule has 0 radical (unpaired) electrons. The van der Waals surface area contributed by atoms with Crippen molar-refractivity contribution in [3.63, 3.8) is 0 Å². The molecule has 13 nitrogen and oxygen atoms in total. The Bertz CT molecular complexity index is 1180. The van der Waals surface area contributed by atoms with Crippen LogP contribution in [0, 0.1) is 0 Å². The topological polar surface area (TPSA) is 198 Å². The van der Waals surface area contributed by atoms with E-state index in [1.54, 1.807) is 0 Å². The van der Waals surface area contributed by atoms with Crippen molar-refractivity contribution in [2.75, 3.05) is 38.5 Å². The molecule has 0 saturated carbocycles. The molecular weight excluding hydrogens is 492 g/mol. The molecular formula is C25H36N8O5. The van der Waals surface area contributed by atoms with Crippen molar-refractivity contribution in [2.45, 2.75) is 49.8 Å². The van der Waals surface area contributed by atoms with Gasteiger partial charge in [0.25, 0.3) is 0 Å². The number of fused-ring (bicyclic) bond motifs is 1. The van der Waals surface area contributed by atoms with E-state index in [0.29, 0.717) is 24.3 Å². The normalized spacial score (nSPS) is 22.3. The molecule has 1 fully saturated rings. The predicted molar refractivity (Wildman–Crippen MR) is 140 cm³/mol. The first-order valence-corrected chi connectivity index (χ1v) is 12.7. The number of hydrogen-bond donors (Lipinski definition) is 6. The second-order valence-corrected chi connectivity index (χ2v) is 9.50. The molecule has 206 valence electrons. The summed E-state index contributed by atoms with van der Waals surface area (Å²) in [5.74, 6) is -0.856. The van der Waals surface area contributed by atoms with Crippen molar-refractivity contribution in [1.29, 1.82) is 0 Å². The molecule has 0 bridgehead atoms. The van der Waals surface area contributed by atoms with E-state index in [2.05, 4.69) is 32.4 Å². The lowest BCUT2D eigenvalue weighted by atomic mass is 10.1. The fraction of sp³-hybridized carbons (Fsp3) is 0.520. The first-order chi connectivity index (χ1) is 18.3. The van der Waals surface area contributed by atoms with Crippen LogP contribution < -0.4 is 16.8 Å². The molecule has 1 aliphatic rings. The summed E-state index contributed by atoms with van der Waals surface area (Å²) in [5, 5.41) is 34.2. The van der Waals surface area contributed by atoms with Gasteiger partial charge >= 0.3 is 5.97 Å². The lowest BCUT2D eigenvalue weighted by molar-refractivity contribution is -0.138. The fourth-order valence-electron chi connectivity index (χ4n) is 4.59. The van der Waals surface area contributed by atoms with Crippen LogP contribution >= 0.6 is 0 Å². The van der Waals surface area contributed by atoms with Crippen LogP contribution in [0.3, 0.4) is 0 Å². The Morgan fingerprint density at radius 1 is 1.13 bits per heavy atom. The number of hydrogen-bond acceptors (Lipinski definition) is 11. The molecule has 0 aliphatic carbocycles. The van der Waals surface area contributed by atoms with Gasteiger partial charge in [0, 0.05) is 13.1 Å². The van der Waals surface area contributed by atoms with Gasteiger partial charge in [0.05, 0.1) is 6.33 Å². The van der Waals surface area contributed by atoms with Crippen LogP contribution in [0.25, 0.3) is 11.2 Å². The van der Waals surface area contributed by atoms with E-state index in [0.717, 1.165) is 25.9 Å². The summed E-state index contributed by atoms with van der Waals surface area (Å²) < 4.78 is 7.60. The van der Waals surface area contributed by atoms with Gasteiger partial charge in [-0.3, -0.25) is 9.36 Å². The average Bonchev–Trinajstić information content (AvgIpc) is 3.46. The number of aromatic nitrogens is 4. The number of aliphatic hydroxyl groups excluding tert-OH is 2. The van der Waals surface area contributed by atoms with Crippen LogP contribution in [0.5, 0.6) is 0 Å². The third kappa shape index (κ3) is 6.81. The Morgan fingerprint density at radius 2 is 1.92 bits per heavy atom. The SMILES string of the molecule is Nc1ncnc2c1ncn2[C@@H]1O[C@H](CN(CCCNCCc2ccccc2)CC[C@H](N)C(=O)O)[C@@H](O)[C@H]1O. The zero-order chi connectivity index (χ0) is 27.1. The van der Waals surface area contributed by atoms with E-state index in [9.17, 15) is 20.1 Å². The number of nitrogens with one attached hydrogen (secondary N) is 1. The van der Waals surface area contributed by atoms with Crippen LogP contribution in [0.4, 0.5) is 5.82 Å². The standard InChI is InChI=1S/C25H36N8O5/c26-17(25(36)37)8-12-32(11-4-9-28-10-7-16-5-2-1-3-6-16)13-18-20(34)21(35)24(38-18)33-15-31-19-22(27)29-14-30-23(19)33/h1-3,5-6,14-15,17-18,20-21,24,28,34-35H,4,7-13,26H2,(H,36,37)(H2,27,29,30)/t17-,18+,20+,21+,24+/m0/s1. The molecule has 5 atom stereocenters. The molecule has 1 saturated heterocycles. The number of imidazole rings is 1. The van der Waals surface area contributed by atoms with Crippen LogP contribution in [0.2, 0.25) is 0 Å². The first kappa shape index (κ1) is 27.8. The Morgan fingerprint density at radius 3 is 2.68 bits per heavy atom. The summed E-state index contributed by atoms with van der Waals surface area (Å²) in [4.78, 5) is 25.6. The summed E-state index contributed by atoms with van der Waals surface area (Å²) in [6.45, 7) is 2.95. The lowest BCUT2D eigenvalue weighted by Crippen LogP contribution is -2.43. The van der Waals surface area contributed by atoms with E-state index in [-0.39, 0.29) is 18.8 Å². The highest BCUT2D eigenvalue weighted by Gasteiger charge is 2.44. The molecule has 38 heavy (non-hydrogen) atoms. The van der Waals surface area contributed by atoms with Crippen molar-refractivity contribution in [1.82, 2.24) is 29.7 Å². The summed E-state index contributed by atoms with van der Waals surface area (Å²) in [6.07, 6.45) is 0.681. The largest absolute Gasteiger partial charge is 0.480 e. The third-order valence-corrected chi connectivity index (χ3v) is 6.77. The van der Waals surface area contributed by atoms with Crippen molar-refractivity contribution in [3.05, 3.63) is 48.5 Å². The third-order valence-electron chi connectivity index (χ3n) is 6.77. The van der Waals surface area contributed by atoms with Gasteiger partial charge in [0.15, 0.2) is 17.7 Å². The molecule has 8 N–H and O–H groups in total. The average molecular weight is 529 g/mol. The molecule has 0 spiro atoms. The summed E-state index contributed by atoms with van der Waals surface area (Å²) >= 11 is 0. The monoisotopic (exact) mass is 528 g/mol. The number of aliphatic carboxylic acids is 1. The number of carboxylic acids is 1. The number of anilines is 1. The number of ether oxygens (including phenoxy) is 1. The van der Waals surface area contributed by atoms with Crippen molar-refractivity contribution in [2.24, 2.45) is 5.73 Å². The molecule has 13 heteroatoms. The Hall–Kier alpha value is -3.20. The van der Waals surface area contributed by atoms with Crippen LogP contribution in [-0.4, -0.2) is 103 Å². The number of nitrogen functional groups attached to an aromatic ring is 1. The Balaban J connectivity index is 1.34. The summed E-state index contributed by atoms with van der Waals surface area (Å²) in [7, 11) is 0.